The summed E-state index contributed by atoms with van der Waals surface area (Å²) in [5.41, 5.74) is 1.59. The lowest BCUT2D eigenvalue weighted by Gasteiger charge is -2.26. The highest BCUT2D eigenvalue weighted by atomic mass is 32.2. The molecule has 176 valence electrons. The maximum Gasteiger partial charge on any atom is 0.240 e. The Morgan fingerprint density at radius 1 is 1.03 bits per heavy atom. The van der Waals surface area contributed by atoms with Crippen molar-refractivity contribution >= 4 is 27.4 Å². The van der Waals surface area contributed by atoms with Gasteiger partial charge in [-0.2, -0.15) is 4.52 Å². The van der Waals surface area contributed by atoms with E-state index in [4.69, 9.17) is 0 Å². The van der Waals surface area contributed by atoms with Gasteiger partial charge in [-0.15, -0.1) is 15.3 Å². The van der Waals surface area contributed by atoms with Crippen LogP contribution in [-0.2, 0) is 21.2 Å². The fourth-order valence-corrected chi connectivity index (χ4v) is 4.80. The van der Waals surface area contributed by atoms with Gasteiger partial charge < -0.3 is 10.2 Å². The number of amides is 1. The third-order valence-corrected chi connectivity index (χ3v) is 7.11. The molecule has 2 N–H and O–H groups in total. The Morgan fingerprint density at radius 3 is 2.64 bits per heavy atom. The summed E-state index contributed by atoms with van der Waals surface area (Å²) < 4.78 is 29.2. The van der Waals surface area contributed by atoms with Gasteiger partial charge in [0.25, 0.3) is 0 Å². The number of carbonyl (C=O) groups is 1. The van der Waals surface area contributed by atoms with Gasteiger partial charge in [-0.3, -0.25) is 4.79 Å². The first-order chi connectivity index (χ1) is 15.9. The van der Waals surface area contributed by atoms with Crippen molar-refractivity contribution in [2.75, 3.05) is 31.5 Å². The molecule has 0 bridgehead atoms. The van der Waals surface area contributed by atoms with Gasteiger partial charge in [0.15, 0.2) is 11.5 Å². The topological polar surface area (TPSA) is 122 Å². The summed E-state index contributed by atoms with van der Waals surface area (Å²) in [5, 5.41) is 16.1. The molecule has 1 aliphatic heterocycles. The van der Waals surface area contributed by atoms with Crippen LogP contribution in [0.25, 0.3) is 5.65 Å². The Balaban J connectivity index is 1.31. The lowest BCUT2D eigenvalue weighted by molar-refractivity contribution is -0.133. The van der Waals surface area contributed by atoms with Crippen LogP contribution in [0.3, 0.4) is 0 Å². The molecule has 1 aromatic carbocycles. The number of likely N-dealkylation sites (tertiary alicyclic amines) is 1. The van der Waals surface area contributed by atoms with Crippen molar-refractivity contribution in [2.45, 2.75) is 43.9 Å². The summed E-state index contributed by atoms with van der Waals surface area (Å²) in [6.07, 6.45) is 3.91. The number of benzene rings is 1. The third kappa shape index (κ3) is 5.85. The highest BCUT2D eigenvalue weighted by Gasteiger charge is 2.17. The number of nitrogens with one attached hydrogen (secondary N) is 2. The van der Waals surface area contributed by atoms with Crippen LogP contribution in [0.5, 0.6) is 0 Å². The maximum atomic E-state index is 12.5. The van der Waals surface area contributed by atoms with Crippen LogP contribution in [0.2, 0.25) is 0 Å². The Labute approximate surface area is 193 Å². The van der Waals surface area contributed by atoms with Gasteiger partial charge in [0, 0.05) is 39.0 Å². The van der Waals surface area contributed by atoms with E-state index in [1.807, 2.05) is 24.0 Å². The van der Waals surface area contributed by atoms with E-state index in [0.29, 0.717) is 36.7 Å². The highest BCUT2D eigenvalue weighted by Crippen LogP contribution is 2.12. The first-order valence-electron chi connectivity index (χ1n) is 11.2. The average Bonchev–Trinajstić information content (AvgIpc) is 3.20. The number of carbonyl (C=O) groups excluding carboxylic acids is 1. The van der Waals surface area contributed by atoms with Crippen molar-refractivity contribution in [3.05, 3.63) is 47.8 Å². The zero-order chi connectivity index (χ0) is 23.3. The van der Waals surface area contributed by atoms with Gasteiger partial charge in [-0.25, -0.2) is 13.1 Å². The Morgan fingerprint density at radius 2 is 1.85 bits per heavy atom. The summed E-state index contributed by atoms with van der Waals surface area (Å²) in [4.78, 5) is 14.0. The number of aryl methyl sites for hydroxylation is 1. The number of aromatic nitrogens is 4. The van der Waals surface area contributed by atoms with E-state index in [1.54, 1.807) is 28.8 Å². The minimum Gasteiger partial charge on any atom is -0.369 e. The highest BCUT2D eigenvalue weighted by molar-refractivity contribution is 7.89. The van der Waals surface area contributed by atoms with Crippen molar-refractivity contribution in [3.8, 4) is 0 Å². The molecular weight excluding hydrogens is 442 g/mol. The molecule has 0 atom stereocenters. The molecule has 3 heterocycles. The Hall–Kier alpha value is -3.05. The first kappa shape index (κ1) is 23.1. The molecule has 1 aliphatic rings. The van der Waals surface area contributed by atoms with Crippen LogP contribution in [0.4, 0.5) is 5.82 Å². The van der Waals surface area contributed by atoms with E-state index in [9.17, 15) is 13.2 Å². The van der Waals surface area contributed by atoms with Gasteiger partial charge in [0.2, 0.25) is 15.9 Å². The smallest absolute Gasteiger partial charge is 0.240 e. The zero-order valence-corrected chi connectivity index (χ0v) is 19.5. The number of hydrogen-bond donors (Lipinski definition) is 2. The number of hydrogen-bond acceptors (Lipinski definition) is 7. The van der Waals surface area contributed by atoms with Crippen LogP contribution in [0.15, 0.2) is 41.3 Å². The normalized spacial score (nSPS) is 14.7. The molecule has 0 saturated carbocycles. The lowest BCUT2D eigenvalue weighted by atomic mass is 10.1. The van der Waals surface area contributed by atoms with Crippen molar-refractivity contribution in [3.63, 3.8) is 0 Å². The van der Waals surface area contributed by atoms with Crippen molar-refractivity contribution < 1.29 is 13.2 Å². The second kappa shape index (κ2) is 10.3. The van der Waals surface area contributed by atoms with E-state index >= 15 is 0 Å². The van der Waals surface area contributed by atoms with E-state index in [0.717, 1.165) is 37.9 Å². The van der Waals surface area contributed by atoms with Gasteiger partial charge in [0.1, 0.15) is 5.82 Å². The summed E-state index contributed by atoms with van der Waals surface area (Å²) in [6.45, 7) is 4.37. The van der Waals surface area contributed by atoms with E-state index in [1.165, 1.54) is 0 Å². The van der Waals surface area contributed by atoms with Crippen molar-refractivity contribution in [1.82, 2.24) is 29.4 Å². The molecule has 0 spiro atoms. The fourth-order valence-electron chi connectivity index (χ4n) is 3.77. The molecule has 33 heavy (non-hydrogen) atoms. The van der Waals surface area contributed by atoms with E-state index in [-0.39, 0.29) is 17.3 Å². The van der Waals surface area contributed by atoms with Gasteiger partial charge in [-0.05, 0) is 50.5 Å². The Bertz CT molecular complexity index is 1210. The molecule has 0 unspecified atom stereocenters. The van der Waals surface area contributed by atoms with Gasteiger partial charge >= 0.3 is 0 Å². The number of fused-ring (bicyclic) bond motifs is 1. The maximum absolute atomic E-state index is 12.5. The lowest BCUT2D eigenvalue weighted by Crippen LogP contribution is -2.36. The summed E-state index contributed by atoms with van der Waals surface area (Å²) in [7, 11) is -3.59. The van der Waals surface area contributed by atoms with Crippen LogP contribution in [-0.4, -0.2) is 65.2 Å². The molecule has 1 fully saturated rings. The summed E-state index contributed by atoms with van der Waals surface area (Å²) in [5.74, 6) is 1.49. The average molecular weight is 472 g/mol. The zero-order valence-electron chi connectivity index (χ0n) is 18.7. The molecule has 4 rings (SSSR count). The van der Waals surface area contributed by atoms with Crippen LogP contribution < -0.4 is 10.0 Å². The number of piperidine rings is 1. The monoisotopic (exact) mass is 471 g/mol. The molecule has 11 heteroatoms. The number of rotatable bonds is 10. The molecule has 0 radical (unpaired) electrons. The predicted molar refractivity (Wildman–Crippen MR) is 124 cm³/mol. The molecule has 10 nitrogen and oxygen atoms in total. The number of nitrogens with zero attached hydrogens (tertiary/aromatic N) is 5. The van der Waals surface area contributed by atoms with Crippen LogP contribution in [0, 0.1) is 6.92 Å². The third-order valence-electron chi connectivity index (χ3n) is 5.63. The largest absolute Gasteiger partial charge is 0.369 e. The fraction of sp³-hybridized carbons (Fsp3) is 0.455. The standard InChI is InChI=1S/C22H29N7O3S/c1-17-6-8-18(9-7-17)33(31,32)24-14-12-21-26-25-20-11-10-19(27-29(20)21)23-13-4-16-28-15-3-2-5-22(28)30/h6-11,24H,2-5,12-16H2,1H3,(H,23,27). The van der Waals surface area contributed by atoms with Gasteiger partial charge in [0.05, 0.1) is 4.90 Å². The second-order valence-electron chi connectivity index (χ2n) is 8.18. The molecule has 1 saturated heterocycles. The minimum atomic E-state index is -3.59. The number of anilines is 1. The van der Waals surface area contributed by atoms with Crippen LogP contribution in [0.1, 0.15) is 37.1 Å². The molecule has 1 amide bonds. The van der Waals surface area contributed by atoms with E-state index < -0.39 is 10.0 Å². The predicted octanol–water partition coefficient (Wildman–Crippen LogP) is 1.77. The van der Waals surface area contributed by atoms with Crippen molar-refractivity contribution in [1.29, 1.82) is 0 Å². The first-order valence-corrected chi connectivity index (χ1v) is 12.7. The molecule has 2 aromatic heterocycles. The summed E-state index contributed by atoms with van der Waals surface area (Å²) >= 11 is 0. The Kier molecular flexibility index (Phi) is 7.19. The quantitative estimate of drug-likeness (QED) is 0.432. The minimum absolute atomic E-state index is 0.181. The molecular formula is C22H29N7O3S. The van der Waals surface area contributed by atoms with E-state index in [2.05, 4.69) is 25.3 Å². The van der Waals surface area contributed by atoms with Gasteiger partial charge in [-0.1, -0.05) is 17.7 Å². The number of sulfonamides is 1. The van der Waals surface area contributed by atoms with Crippen molar-refractivity contribution in [2.24, 2.45) is 0 Å². The SMILES string of the molecule is Cc1ccc(S(=O)(=O)NCCc2nnc3ccc(NCCCN4CCCCC4=O)nn23)cc1. The summed E-state index contributed by atoms with van der Waals surface area (Å²) in [6, 6.07) is 10.4. The second-order valence-corrected chi connectivity index (χ2v) is 9.95. The molecule has 0 aliphatic carbocycles. The van der Waals surface area contributed by atoms with Crippen LogP contribution >= 0.6 is 0 Å². The molecule has 3 aromatic rings.